The summed E-state index contributed by atoms with van der Waals surface area (Å²) in [6, 6.07) is 9.14. The average Bonchev–Trinajstić information content (AvgIpc) is 2.97. The minimum atomic E-state index is 0.335. The van der Waals surface area contributed by atoms with E-state index in [0.29, 0.717) is 21.6 Å². The molecule has 0 saturated heterocycles. The number of halogens is 2. The number of hydrogen-bond acceptors (Lipinski definition) is 4. The van der Waals surface area contributed by atoms with Gasteiger partial charge in [0.2, 0.25) is 0 Å². The number of rotatable bonds is 2. The Bertz CT molecular complexity index is 719. The first kappa shape index (κ1) is 12.5. The number of aromatic nitrogens is 1. The zero-order valence-electron chi connectivity index (χ0n) is 9.56. The predicted octanol–water partition coefficient (Wildman–Crippen LogP) is 4.96. The fourth-order valence-electron chi connectivity index (χ4n) is 1.81. The van der Waals surface area contributed by atoms with Crippen molar-refractivity contribution in [3.05, 3.63) is 45.8 Å². The molecule has 3 aromatic rings. The number of hydrogen-bond donors (Lipinski definition) is 1. The van der Waals surface area contributed by atoms with E-state index < -0.39 is 0 Å². The Balaban J connectivity index is 2.19. The van der Waals surface area contributed by atoms with Gasteiger partial charge in [0.05, 0.1) is 15.5 Å². The summed E-state index contributed by atoms with van der Waals surface area (Å²) in [5, 5.41) is 7.00. The van der Waals surface area contributed by atoms with Crippen LogP contribution in [0.4, 0.5) is 5.82 Å². The van der Waals surface area contributed by atoms with Gasteiger partial charge in [0.15, 0.2) is 11.6 Å². The molecule has 0 atom stereocenters. The smallest absolute Gasteiger partial charge is 0.188 e. The number of anilines is 1. The Kier molecular flexibility index (Phi) is 3.22. The van der Waals surface area contributed by atoms with Crippen LogP contribution in [0.15, 0.2) is 40.2 Å². The molecule has 0 amide bonds. The van der Waals surface area contributed by atoms with Gasteiger partial charge in [-0.1, -0.05) is 40.5 Å². The molecular formula is C13H8Cl2N2OS. The highest BCUT2D eigenvalue weighted by Gasteiger charge is 2.20. The zero-order chi connectivity index (χ0) is 13.4. The number of thiophene rings is 1. The molecule has 0 radical (unpaired) electrons. The molecule has 0 aliphatic carbocycles. The van der Waals surface area contributed by atoms with Gasteiger partial charge in [-0.3, -0.25) is 0 Å². The van der Waals surface area contributed by atoms with Gasteiger partial charge in [-0.2, -0.15) is 0 Å². The average molecular weight is 311 g/mol. The van der Waals surface area contributed by atoms with Gasteiger partial charge in [0.25, 0.3) is 0 Å². The van der Waals surface area contributed by atoms with Gasteiger partial charge in [-0.15, -0.1) is 11.3 Å². The number of nitrogens with zero attached hydrogens (tertiary/aromatic N) is 1. The Morgan fingerprint density at radius 1 is 1.11 bits per heavy atom. The van der Waals surface area contributed by atoms with Crippen molar-refractivity contribution >= 4 is 40.4 Å². The van der Waals surface area contributed by atoms with Gasteiger partial charge >= 0.3 is 0 Å². The van der Waals surface area contributed by atoms with E-state index in [2.05, 4.69) is 5.16 Å². The molecule has 0 spiro atoms. The van der Waals surface area contributed by atoms with Crippen molar-refractivity contribution in [2.24, 2.45) is 0 Å². The van der Waals surface area contributed by atoms with Crippen molar-refractivity contribution in [3.63, 3.8) is 0 Å². The maximum absolute atomic E-state index is 6.13. The van der Waals surface area contributed by atoms with Crippen molar-refractivity contribution in [2.45, 2.75) is 0 Å². The lowest BCUT2D eigenvalue weighted by Crippen LogP contribution is -1.88. The van der Waals surface area contributed by atoms with Crippen molar-refractivity contribution in [2.75, 3.05) is 5.73 Å². The highest BCUT2D eigenvalue weighted by molar-refractivity contribution is 7.14. The lowest BCUT2D eigenvalue weighted by Gasteiger charge is -2.02. The molecule has 0 saturated carbocycles. The van der Waals surface area contributed by atoms with E-state index in [4.69, 9.17) is 33.5 Å². The number of benzene rings is 1. The second-order valence-corrected chi connectivity index (χ2v) is 5.64. The maximum Gasteiger partial charge on any atom is 0.188 e. The molecular weight excluding hydrogens is 303 g/mol. The molecule has 0 unspecified atom stereocenters. The summed E-state index contributed by atoms with van der Waals surface area (Å²) in [5.41, 5.74) is 7.52. The third-order valence-corrected chi connectivity index (χ3v) is 4.27. The Morgan fingerprint density at radius 2 is 1.84 bits per heavy atom. The van der Waals surface area contributed by atoms with E-state index in [0.717, 1.165) is 16.0 Å². The monoisotopic (exact) mass is 310 g/mol. The molecule has 2 heterocycles. The van der Waals surface area contributed by atoms with Crippen molar-refractivity contribution in [1.29, 1.82) is 0 Å². The number of nitrogen functional groups attached to an aromatic ring is 1. The normalized spacial score (nSPS) is 10.8. The Hall–Kier alpha value is -1.49. The molecule has 0 aliphatic rings. The lowest BCUT2D eigenvalue weighted by atomic mass is 10.1. The molecule has 0 fully saturated rings. The molecule has 96 valence electrons. The predicted molar refractivity (Wildman–Crippen MR) is 79.7 cm³/mol. The molecule has 2 aromatic heterocycles. The molecule has 19 heavy (non-hydrogen) atoms. The lowest BCUT2D eigenvalue weighted by molar-refractivity contribution is 0.437. The van der Waals surface area contributed by atoms with Crippen LogP contribution in [0, 0.1) is 0 Å². The van der Waals surface area contributed by atoms with Gasteiger partial charge in [-0.05, 0) is 29.1 Å². The molecule has 2 N–H and O–H groups in total. The van der Waals surface area contributed by atoms with Crippen LogP contribution in [-0.2, 0) is 0 Å². The molecule has 3 nitrogen and oxygen atoms in total. The van der Waals surface area contributed by atoms with Crippen LogP contribution in [0.2, 0.25) is 10.0 Å². The van der Waals surface area contributed by atoms with Crippen LogP contribution in [-0.4, -0.2) is 5.16 Å². The first-order valence-corrected chi connectivity index (χ1v) is 7.05. The minimum absolute atomic E-state index is 0.335. The summed E-state index contributed by atoms with van der Waals surface area (Å²) in [7, 11) is 0. The molecule has 0 aliphatic heterocycles. The van der Waals surface area contributed by atoms with Gasteiger partial charge in [-0.25, -0.2) is 0 Å². The maximum atomic E-state index is 6.13. The Labute approximate surface area is 123 Å². The van der Waals surface area contributed by atoms with E-state index >= 15 is 0 Å². The highest BCUT2D eigenvalue weighted by atomic mass is 35.5. The third-order valence-electron chi connectivity index (χ3n) is 2.67. The van der Waals surface area contributed by atoms with Crippen molar-refractivity contribution in [1.82, 2.24) is 5.16 Å². The number of nitrogens with two attached hydrogens (primary N) is 1. The molecule has 6 heteroatoms. The van der Waals surface area contributed by atoms with Gasteiger partial charge < -0.3 is 10.3 Å². The van der Waals surface area contributed by atoms with Crippen molar-refractivity contribution in [3.8, 4) is 21.8 Å². The largest absolute Gasteiger partial charge is 0.380 e. The van der Waals surface area contributed by atoms with Crippen LogP contribution in [0.3, 0.4) is 0 Å². The zero-order valence-corrected chi connectivity index (χ0v) is 11.9. The summed E-state index contributed by atoms with van der Waals surface area (Å²) < 4.78 is 5.32. The molecule has 0 bridgehead atoms. The first-order chi connectivity index (χ1) is 9.16. The van der Waals surface area contributed by atoms with Gasteiger partial charge in [0.1, 0.15) is 0 Å². The summed E-state index contributed by atoms with van der Waals surface area (Å²) in [5.74, 6) is 0.918. The van der Waals surface area contributed by atoms with Crippen LogP contribution < -0.4 is 5.73 Å². The first-order valence-electron chi connectivity index (χ1n) is 5.41. The van der Waals surface area contributed by atoms with Crippen LogP contribution in [0.5, 0.6) is 0 Å². The van der Waals surface area contributed by atoms with E-state index in [1.165, 1.54) is 11.3 Å². The minimum Gasteiger partial charge on any atom is -0.380 e. The standard InChI is InChI=1S/C13H8Cl2N2OS/c14-8-3-1-7(2-4-8)10-11(18-17-13(10)16)12-9(15)5-6-19-12/h1-6H,(H2,16,17). The summed E-state index contributed by atoms with van der Waals surface area (Å²) >= 11 is 13.5. The topological polar surface area (TPSA) is 52.0 Å². The second-order valence-electron chi connectivity index (χ2n) is 3.88. The fourth-order valence-corrected chi connectivity index (χ4v) is 3.06. The molecule has 1 aromatic carbocycles. The SMILES string of the molecule is Nc1noc(-c2sccc2Cl)c1-c1ccc(Cl)cc1. The van der Waals surface area contributed by atoms with Gasteiger partial charge in [0, 0.05) is 5.02 Å². The third kappa shape index (κ3) is 2.23. The highest BCUT2D eigenvalue weighted by Crippen LogP contribution is 2.42. The summed E-state index contributed by atoms with van der Waals surface area (Å²) in [6.07, 6.45) is 0. The van der Waals surface area contributed by atoms with E-state index in [1.54, 1.807) is 12.1 Å². The molecule has 3 rings (SSSR count). The summed E-state index contributed by atoms with van der Waals surface area (Å²) in [6.45, 7) is 0. The van der Waals surface area contributed by atoms with Crippen LogP contribution >= 0.6 is 34.5 Å². The van der Waals surface area contributed by atoms with E-state index in [1.807, 2.05) is 23.6 Å². The van der Waals surface area contributed by atoms with E-state index in [9.17, 15) is 0 Å². The fraction of sp³-hybridized carbons (Fsp3) is 0. The summed E-state index contributed by atoms with van der Waals surface area (Å²) in [4.78, 5) is 0.816. The Morgan fingerprint density at radius 3 is 2.47 bits per heavy atom. The van der Waals surface area contributed by atoms with E-state index in [-0.39, 0.29) is 0 Å². The van der Waals surface area contributed by atoms with Crippen LogP contribution in [0.1, 0.15) is 0 Å². The van der Waals surface area contributed by atoms with Crippen LogP contribution in [0.25, 0.3) is 21.8 Å². The second kappa shape index (κ2) is 4.89. The van der Waals surface area contributed by atoms with Crippen molar-refractivity contribution < 1.29 is 4.52 Å². The quantitative estimate of drug-likeness (QED) is 0.728.